The van der Waals surface area contributed by atoms with E-state index in [2.05, 4.69) is 0 Å². The Balaban J connectivity index is 2.13. The fourth-order valence-electron chi connectivity index (χ4n) is 2.78. The van der Waals surface area contributed by atoms with Gasteiger partial charge in [0, 0.05) is 31.0 Å². The van der Waals surface area contributed by atoms with Crippen molar-refractivity contribution < 1.29 is 14.3 Å². The summed E-state index contributed by atoms with van der Waals surface area (Å²) in [6.45, 7) is 7.33. The zero-order valence-electron chi connectivity index (χ0n) is 16.0. The molecule has 1 unspecified atom stereocenters. The lowest BCUT2D eigenvalue weighted by atomic mass is 10.0. The Bertz CT molecular complexity index is 746. The normalized spacial score (nSPS) is 11.8. The van der Waals surface area contributed by atoms with Crippen molar-refractivity contribution in [3.05, 3.63) is 59.2 Å². The number of amides is 1. The summed E-state index contributed by atoms with van der Waals surface area (Å²) in [6, 6.07) is 13.2. The van der Waals surface area contributed by atoms with Crippen LogP contribution in [0, 0.1) is 13.8 Å². The fourth-order valence-corrected chi connectivity index (χ4v) is 2.78. The summed E-state index contributed by atoms with van der Waals surface area (Å²) < 4.78 is 11.1. The van der Waals surface area contributed by atoms with Gasteiger partial charge >= 0.3 is 0 Å². The second-order valence-corrected chi connectivity index (χ2v) is 6.56. The number of nitrogens with zero attached hydrogens (tertiary/aromatic N) is 1. The molecule has 0 saturated heterocycles. The van der Waals surface area contributed by atoms with E-state index in [1.165, 1.54) is 0 Å². The molecule has 0 aliphatic heterocycles. The first-order chi connectivity index (χ1) is 12.4. The number of rotatable bonds is 8. The molecule has 26 heavy (non-hydrogen) atoms. The molecule has 2 aromatic rings. The van der Waals surface area contributed by atoms with Crippen LogP contribution in [0.3, 0.4) is 0 Å². The van der Waals surface area contributed by atoms with E-state index in [-0.39, 0.29) is 12.0 Å². The SMILES string of the molecule is COCCN(CC(C)Oc1cccc(N)c1)C(=O)c1cc(C)ccc1C. The lowest BCUT2D eigenvalue weighted by molar-refractivity contribution is 0.0602. The van der Waals surface area contributed by atoms with E-state index in [0.29, 0.717) is 31.1 Å². The number of hydrogen-bond acceptors (Lipinski definition) is 4. The van der Waals surface area contributed by atoms with Gasteiger partial charge in [-0.3, -0.25) is 4.79 Å². The van der Waals surface area contributed by atoms with Crippen LogP contribution in [-0.2, 0) is 4.74 Å². The summed E-state index contributed by atoms with van der Waals surface area (Å²) in [5.41, 5.74) is 9.20. The highest BCUT2D eigenvalue weighted by Gasteiger charge is 2.20. The third-order valence-corrected chi connectivity index (χ3v) is 4.15. The Morgan fingerprint density at radius 3 is 2.65 bits per heavy atom. The largest absolute Gasteiger partial charge is 0.489 e. The molecule has 0 fully saturated rings. The number of anilines is 1. The topological polar surface area (TPSA) is 64.8 Å². The summed E-state index contributed by atoms with van der Waals surface area (Å²) in [5.74, 6) is 0.689. The molecule has 0 aliphatic rings. The molecule has 5 heteroatoms. The predicted molar refractivity (Wildman–Crippen MR) is 105 cm³/mol. The second-order valence-electron chi connectivity index (χ2n) is 6.56. The third kappa shape index (κ3) is 5.49. The van der Waals surface area contributed by atoms with Crippen molar-refractivity contribution in [1.82, 2.24) is 4.90 Å². The first-order valence-corrected chi connectivity index (χ1v) is 8.78. The van der Waals surface area contributed by atoms with Gasteiger partial charge in [-0.25, -0.2) is 0 Å². The Morgan fingerprint density at radius 1 is 1.19 bits per heavy atom. The summed E-state index contributed by atoms with van der Waals surface area (Å²) >= 11 is 0. The van der Waals surface area contributed by atoms with Crippen LogP contribution in [0.15, 0.2) is 42.5 Å². The molecule has 0 saturated carbocycles. The van der Waals surface area contributed by atoms with Crippen LogP contribution in [0.2, 0.25) is 0 Å². The van der Waals surface area contributed by atoms with E-state index in [1.54, 1.807) is 18.1 Å². The Labute approximate surface area is 155 Å². The smallest absolute Gasteiger partial charge is 0.254 e. The highest BCUT2D eigenvalue weighted by Crippen LogP contribution is 2.18. The van der Waals surface area contributed by atoms with Crippen molar-refractivity contribution >= 4 is 11.6 Å². The van der Waals surface area contributed by atoms with Crippen LogP contribution >= 0.6 is 0 Å². The van der Waals surface area contributed by atoms with Crippen molar-refractivity contribution in [2.75, 3.05) is 32.5 Å². The van der Waals surface area contributed by atoms with E-state index in [0.717, 1.165) is 16.7 Å². The summed E-state index contributed by atoms with van der Waals surface area (Å²) in [5, 5.41) is 0. The van der Waals surface area contributed by atoms with Crippen molar-refractivity contribution in [3.8, 4) is 5.75 Å². The van der Waals surface area contributed by atoms with Crippen molar-refractivity contribution in [1.29, 1.82) is 0 Å². The lowest BCUT2D eigenvalue weighted by Crippen LogP contribution is -2.40. The van der Waals surface area contributed by atoms with E-state index in [4.69, 9.17) is 15.2 Å². The molecule has 1 atom stereocenters. The highest BCUT2D eigenvalue weighted by molar-refractivity contribution is 5.95. The van der Waals surface area contributed by atoms with Gasteiger partial charge in [0.1, 0.15) is 11.9 Å². The van der Waals surface area contributed by atoms with Gasteiger partial charge < -0.3 is 20.1 Å². The average molecular weight is 356 g/mol. The van der Waals surface area contributed by atoms with Gasteiger partial charge in [-0.15, -0.1) is 0 Å². The standard InChI is InChI=1S/C21H28N2O3/c1-15-8-9-16(2)20(12-15)21(24)23(10-11-25-4)14-17(3)26-19-7-5-6-18(22)13-19/h5-9,12-13,17H,10-11,14,22H2,1-4H3. The summed E-state index contributed by atoms with van der Waals surface area (Å²) in [6.07, 6.45) is -0.178. The zero-order chi connectivity index (χ0) is 19.1. The molecule has 2 aromatic carbocycles. The molecule has 2 rings (SSSR count). The van der Waals surface area contributed by atoms with Crippen molar-refractivity contribution in [2.45, 2.75) is 26.9 Å². The molecule has 0 aliphatic carbocycles. The molecular formula is C21H28N2O3. The monoisotopic (exact) mass is 356 g/mol. The first-order valence-electron chi connectivity index (χ1n) is 8.78. The average Bonchev–Trinajstić information content (AvgIpc) is 2.60. The van der Waals surface area contributed by atoms with E-state index in [9.17, 15) is 4.79 Å². The number of aryl methyl sites for hydroxylation is 2. The molecular weight excluding hydrogens is 328 g/mol. The Hall–Kier alpha value is -2.53. The van der Waals surface area contributed by atoms with Crippen molar-refractivity contribution in [3.63, 3.8) is 0 Å². The van der Waals surface area contributed by atoms with Crippen LogP contribution in [-0.4, -0.2) is 43.7 Å². The van der Waals surface area contributed by atoms with Gasteiger partial charge in [-0.1, -0.05) is 23.8 Å². The number of ether oxygens (including phenoxy) is 2. The summed E-state index contributed by atoms with van der Waals surface area (Å²) in [7, 11) is 1.63. The minimum atomic E-state index is -0.178. The minimum absolute atomic E-state index is 0.00808. The Morgan fingerprint density at radius 2 is 1.96 bits per heavy atom. The fraction of sp³-hybridized carbons (Fsp3) is 0.381. The quantitative estimate of drug-likeness (QED) is 0.736. The van der Waals surface area contributed by atoms with Gasteiger partial charge in [0.2, 0.25) is 0 Å². The maximum Gasteiger partial charge on any atom is 0.254 e. The number of hydrogen-bond donors (Lipinski definition) is 1. The van der Waals surface area contributed by atoms with Gasteiger partial charge in [-0.2, -0.15) is 0 Å². The van der Waals surface area contributed by atoms with Crippen molar-refractivity contribution in [2.24, 2.45) is 0 Å². The maximum atomic E-state index is 13.1. The van der Waals surface area contributed by atoms with Gasteiger partial charge in [0.25, 0.3) is 5.91 Å². The third-order valence-electron chi connectivity index (χ3n) is 4.15. The number of carbonyl (C=O) groups is 1. The highest BCUT2D eigenvalue weighted by atomic mass is 16.5. The molecule has 140 valence electrons. The van der Waals surface area contributed by atoms with Crippen LogP contribution in [0.25, 0.3) is 0 Å². The molecule has 0 aromatic heterocycles. The molecule has 5 nitrogen and oxygen atoms in total. The van der Waals surface area contributed by atoms with Gasteiger partial charge in [-0.05, 0) is 44.5 Å². The van der Waals surface area contributed by atoms with E-state index in [1.807, 2.05) is 57.2 Å². The molecule has 0 spiro atoms. The molecule has 2 N–H and O–H groups in total. The van der Waals surface area contributed by atoms with Gasteiger partial charge in [0.15, 0.2) is 0 Å². The number of methoxy groups -OCH3 is 1. The zero-order valence-corrected chi connectivity index (χ0v) is 16.0. The van der Waals surface area contributed by atoms with Crippen LogP contribution in [0.1, 0.15) is 28.4 Å². The van der Waals surface area contributed by atoms with Crippen LogP contribution in [0.4, 0.5) is 5.69 Å². The van der Waals surface area contributed by atoms with Gasteiger partial charge in [0.05, 0.1) is 13.2 Å². The van der Waals surface area contributed by atoms with E-state index >= 15 is 0 Å². The minimum Gasteiger partial charge on any atom is -0.489 e. The number of nitrogen functional groups attached to an aromatic ring is 1. The number of nitrogens with two attached hydrogens (primary N) is 1. The van der Waals surface area contributed by atoms with E-state index < -0.39 is 0 Å². The molecule has 0 radical (unpaired) electrons. The maximum absolute atomic E-state index is 13.1. The second kappa shape index (κ2) is 9.25. The van der Waals surface area contributed by atoms with Crippen LogP contribution in [0.5, 0.6) is 5.75 Å². The molecule has 0 bridgehead atoms. The lowest BCUT2D eigenvalue weighted by Gasteiger charge is -2.27. The summed E-state index contributed by atoms with van der Waals surface area (Å²) in [4.78, 5) is 14.8. The van der Waals surface area contributed by atoms with Crippen LogP contribution < -0.4 is 10.5 Å². The predicted octanol–water partition coefficient (Wildman–Crippen LogP) is 3.44. The molecule has 1 amide bonds. The Kier molecular flexibility index (Phi) is 7.04. The number of carbonyl (C=O) groups excluding carboxylic acids is 1. The molecule has 0 heterocycles. The number of benzene rings is 2. The first kappa shape index (κ1) is 19.8.